The van der Waals surface area contributed by atoms with Crippen LogP contribution in [0.2, 0.25) is 0 Å². The number of carbonyl (C=O) groups is 1. The third-order valence-corrected chi connectivity index (χ3v) is 6.39. The first-order valence-electron chi connectivity index (χ1n) is 10.7. The number of aliphatic hydroxyl groups excluding tert-OH is 2. The summed E-state index contributed by atoms with van der Waals surface area (Å²) in [6.07, 6.45) is 9.10. The minimum absolute atomic E-state index is 0. The van der Waals surface area contributed by atoms with Crippen LogP contribution in [0.3, 0.4) is 0 Å². The molecular formula is C24H33NaO5. The first kappa shape index (κ1) is 25.4. The molecule has 1 saturated carbocycles. The van der Waals surface area contributed by atoms with E-state index in [9.17, 15) is 15.0 Å². The Morgan fingerprint density at radius 2 is 2.20 bits per heavy atom. The van der Waals surface area contributed by atoms with Gasteiger partial charge in [-0.05, 0) is 55.2 Å². The molecule has 0 aromatic carbocycles. The molecule has 0 spiro atoms. The van der Waals surface area contributed by atoms with E-state index in [0.717, 1.165) is 17.6 Å². The molecule has 160 valence electrons. The quantitative estimate of drug-likeness (QED) is 0.371. The van der Waals surface area contributed by atoms with Crippen molar-refractivity contribution in [3.63, 3.8) is 0 Å². The smallest absolute Gasteiger partial charge is 1.00 e. The summed E-state index contributed by atoms with van der Waals surface area (Å²) in [6, 6.07) is 0. The van der Waals surface area contributed by atoms with E-state index < -0.39 is 18.2 Å². The minimum Gasteiger partial charge on any atom is -1.00 e. The van der Waals surface area contributed by atoms with Crippen LogP contribution >= 0.6 is 0 Å². The molecule has 2 aliphatic carbocycles. The zero-order valence-electron chi connectivity index (χ0n) is 19.3. The molecule has 1 aliphatic heterocycles. The molecule has 0 bridgehead atoms. The van der Waals surface area contributed by atoms with Crippen molar-refractivity contribution >= 4 is 5.97 Å². The van der Waals surface area contributed by atoms with Gasteiger partial charge in [-0.1, -0.05) is 25.2 Å². The van der Waals surface area contributed by atoms with E-state index in [2.05, 4.69) is 17.9 Å². The number of hydrogen-bond donors (Lipinski definition) is 3. The number of fused-ring (bicyclic) bond motifs is 2. The maximum absolute atomic E-state index is 10.8. The fourth-order valence-electron chi connectivity index (χ4n) is 4.75. The van der Waals surface area contributed by atoms with Gasteiger partial charge < -0.3 is 21.5 Å². The molecule has 6 atom stereocenters. The normalized spacial score (nSPS) is 28.6. The van der Waals surface area contributed by atoms with Crippen LogP contribution in [0.15, 0.2) is 34.9 Å². The van der Waals surface area contributed by atoms with Crippen LogP contribution in [0.25, 0.3) is 0 Å². The van der Waals surface area contributed by atoms with Crippen molar-refractivity contribution in [3.8, 4) is 11.8 Å². The van der Waals surface area contributed by atoms with Gasteiger partial charge in [0.25, 0.3) is 0 Å². The number of aliphatic hydroxyl groups is 2. The van der Waals surface area contributed by atoms with Crippen LogP contribution in [0.1, 0.15) is 60.2 Å². The number of rotatable bonds is 9. The SMILES string of the molecule is CC#CCC(C)C(O)CCC1C2=C3C=CC=C(CCCC(=O)O)C3OC2CC1O.[H-].[Na+]. The summed E-state index contributed by atoms with van der Waals surface area (Å²) in [5.74, 6) is 5.24. The molecule has 6 heteroatoms. The van der Waals surface area contributed by atoms with Gasteiger partial charge in [0, 0.05) is 25.2 Å². The molecule has 1 fully saturated rings. The van der Waals surface area contributed by atoms with Crippen LogP contribution in [-0.4, -0.2) is 45.7 Å². The second-order valence-electron chi connectivity index (χ2n) is 8.43. The molecule has 3 rings (SSSR count). The summed E-state index contributed by atoms with van der Waals surface area (Å²) >= 11 is 0. The van der Waals surface area contributed by atoms with E-state index in [1.165, 1.54) is 5.57 Å². The van der Waals surface area contributed by atoms with Gasteiger partial charge in [-0.2, -0.15) is 0 Å². The summed E-state index contributed by atoms with van der Waals surface area (Å²) in [7, 11) is 0. The number of aliphatic carboxylic acids is 1. The predicted molar refractivity (Wildman–Crippen MR) is 112 cm³/mol. The van der Waals surface area contributed by atoms with Gasteiger partial charge in [0.15, 0.2) is 0 Å². The van der Waals surface area contributed by atoms with E-state index in [4.69, 9.17) is 9.84 Å². The molecule has 0 aromatic rings. The number of carboxylic acid groups (broad SMARTS) is 1. The summed E-state index contributed by atoms with van der Waals surface area (Å²) in [5.41, 5.74) is 3.42. The maximum atomic E-state index is 10.8. The van der Waals surface area contributed by atoms with Gasteiger partial charge >= 0.3 is 35.5 Å². The summed E-state index contributed by atoms with van der Waals surface area (Å²) in [6.45, 7) is 3.82. The van der Waals surface area contributed by atoms with Crippen LogP contribution in [-0.2, 0) is 9.53 Å². The zero-order valence-corrected chi connectivity index (χ0v) is 20.3. The summed E-state index contributed by atoms with van der Waals surface area (Å²) in [4.78, 5) is 10.8. The van der Waals surface area contributed by atoms with E-state index in [-0.39, 0.29) is 61.4 Å². The zero-order chi connectivity index (χ0) is 21.0. The molecule has 3 aliphatic rings. The molecule has 3 N–H and O–H groups in total. The van der Waals surface area contributed by atoms with Gasteiger partial charge in [0.2, 0.25) is 0 Å². The third-order valence-electron chi connectivity index (χ3n) is 6.39. The fourth-order valence-corrected chi connectivity index (χ4v) is 4.75. The Hall–Kier alpha value is -0.870. The van der Waals surface area contributed by atoms with Gasteiger partial charge in [-0.25, -0.2) is 0 Å². The van der Waals surface area contributed by atoms with E-state index in [1.54, 1.807) is 6.92 Å². The molecule has 0 amide bonds. The fraction of sp³-hybridized carbons (Fsp3) is 0.625. The van der Waals surface area contributed by atoms with Crippen LogP contribution < -0.4 is 29.6 Å². The van der Waals surface area contributed by atoms with Crippen molar-refractivity contribution in [3.05, 3.63) is 34.9 Å². The Labute approximate surface area is 203 Å². The van der Waals surface area contributed by atoms with Crippen molar-refractivity contribution in [2.24, 2.45) is 11.8 Å². The monoisotopic (exact) mass is 424 g/mol. The average Bonchev–Trinajstić information content (AvgIpc) is 3.19. The van der Waals surface area contributed by atoms with Crippen LogP contribution in [0, 0.1) is 23.7 Å². The number of allylic oxidation sites excluding steroid dienone is 2. The van der Waals surface area contributed by atoms with Crippen molar-refractivity contribution in [2.75, 3.05) is 0 Å². The third kappa shape index (κ3) is 5.88. The predicted octanol–water partition coefficient (Wildman–Crippen LogP) is 0.489. The van der Waals surface area contributed by atoms with Crippen LogP contribution in [0.4, 0.5) is 0 Å². The molecule has 0 aromatic heterocycles. The Balaban J connectivity index is 0.00000240. The van der Waals surface area contributed by atoms with Crippen LogP contribution in [0.5, 0.6) is 0 Å². The largest absolute Gasteiger partial charge is 1.00 e. The number of hydrogen-bond acceptors (Lipinski definition) is 4. The Kier molecular flexibility index (Phi) is 9.87. The molecule has 6 unspecified atom stereocenters. The molecule has 30 heavy (non-hydrogen) atoms. The first-order valence-corrected chi connectivity index (χ1v) is 10.7. The second-order valence-corrected chi connectivity index (χ2v) is 8.43. The van der Waals surface area contributed by atoms with Gasteiger partial charge in [-0.15, -0.1) is 11.8 Å². The van der Waals surface area contributed by atoms with Gasteiger partial charge in [0.1, 0.15) is 6.10 Å². The van der Waals surface area contributed by atoms with Crippen molar-refractivity contribution < 1.29 is 55.8 Å². The minimum atomic E-state index is -0.777. The van der Waals surface area contributed by atoms with Crippen molar-refractivity contribution in [1.82, 2.24) is 0 Å². The van der Waals surface area contributed by atoms with E-state index >= 15 is 0 Å². The topological polar surface area (TPSA) is 87.0 Å². The molecule has 0 radical (unpaired) electrons. The number of carboxylic acids is 1. The van der Waals surface area contributed by atoms with Gasteiger partial charge in [0.05, 0.1) is 18.3 Å². The Morgan fingerprint density at radius 1 is 1.43 bits per heavy atom. The first-order chi connectivity index (χ1) is 13.9. The van der Waals surface area contributed by atoms with E-state index in [1.807, 2.05) is 19.1 Å². The maximum Gasteiger partial charge on any atom is 1.00 e. The molecule has 5 nitrogen and oxygen atoms in total. The summed E-state index contributed by atoms with van der Waals surface area (Å²) in [5, 5.41) is 30.0. The summed E-state index contributed by atoms with van der Waals surface area (Å²) < 4.78 is 6.29. The molecule has 1 heterocycles. The average molecular weight is 425 g/mol. The van der Waals surface area contributed by atoms with E-state index in [0.29, 0.717) is 32.1 Å². The standard InChI is InChI=1S/C24H32O5.Na.H/c1-3-4-7-15(2)19(25)13-12-17-20(26)14-21-23(17)18-10-5-8-16(24(18)29-21)9-6-11-22(27)28;;/h5,8,10,15,17,19-21,24-26H,6-7,9,11-14H2,1-2H3,(H,27,28);;/q;+1;-1. The Morgan fingerprint density at radius 3 is 2.90 bits per heavy atom. The second kappa shape index (κ2) is 11.7. The van der Waals surface area contributed by atoms with Gasteiger partial charge in [-0.3, -0.25) is 4.79 Å². The number of ether oxygens (including phenoxy) is 1. The van der Waals surface area contributed by atoms with Crippen molar-refractivity contribution in [1.29, 1.82) is 0 Å². The molecule has 0 saturated heterocycles. The Bertz CT molecular complexity index is 779. The van der Waals surface area contributed by atoms with Crippen molar-refractivity contribution in [2.45, 2.75) is 83.2 Å². The molecular weight excluding hydrogens is 391 g/mol.